The zero-order valence-electron chi connectivity index (χ0n) is 14.5. The van der Waals surface area contributed by atoms with E-state index in [-0.39, 0.29) is 11.8 Å². The van der Waals surface area contributed by atoms with Gasteiger partial charge in [-0.15, -0.1) is 11.3 Å². The van der Waals surface area contributed by atoms with Crippen LogP contribution < -0.4 is 0 Å². The van der Waals surface area contributed by atoms with Gasteiger partial charge in [-0.05, 0) is 42.2 Å². The summed E-state index contributed by atoms with van der Waals surface area (Å²) >= 11 is 3.29. The minimum absolute atomic E-state index is 0.185. The first-order valence-electron chi connectivity index (χ1n) is 8.63. The van der Waals surface area contributed by atoms with E-state index in [1.807, 2.05) is 17.5 Å². The Hall–Kier alpha value is -2.45. The average molecular weight is 399 g/mol. The molecular formula is C19H17N3O3S2. The zero-order chi connectivity index (χ0) is 18.6. The molecule has 2 amide bonds. The highest BCUT2D eigenvalue weighted by Gasteiger charge is 2.34. The van der Waals surface area contributed by atoms with E-state index >= 15 is 0 Å². The van der Waals surface area contributed by atoms with Gasteiger partial charge in [0.05, 0.1) is 21.8 Å². The summed E-state index contributed by atoms with van der Waals surface area (Å²) in [5.74, 6) is 2.44. The van der Waals surface area contributed by atoms with Crippen molar-refractivity contribution < 1.29 is 14.1 Å². The van der Waals surface area contributed by atoms with Crippen LogP contribution in [0, 0.1) is 0 Å². The molecule has 27 heavy (non-hydrogen) atoms. The molecule has 0 saturated heterocycles. The Bertz CT molecular complexity index is 918. The highest BCUT2D eigenvalue weighted by Crippen LogP contribution is 2.24. The van der Waals surface area contributed by atoms with E-state index < -0.39 is 0 Å². The van der Waals surface area contributed by atoms with Crippen molar-refractivity contribution in [2.24, 2.45) is 0 Å². The van der Waals surface area contributed by atoms with Crippen LogP contribution in [0.4, 0.5) is 0 Å². The Morgan fingerprint density at radius 1 is 1.04 bits per heavy atom. The highest BCUT2D eigenvalue weighted by atomic mass is 32.2. The number of nitrogens with zero attached hydrogens (tertiary/aromatic N) is 3. The number of thioether (sulfide) groups is 1. The molecule has 4 rings (SSSR count). The minimum atomic E-state index is -0.185. The van der Waals surface area contributed by atoms with Crippen LogP contribution in [-0.2, 0) is 5.75 Å². The van der Waals surface area contributed by atoms with Gasteiger partial charge in [-0.25, -0.2) is 0 Å². The third-order valence-electron chi connectivity index (χ3n) is 4.23. The van der Waals surface area contributed by atoms with E-state index in [0.717, 1.165) is 23.5 Å². The standard InChI is InChI=1S/C19H17N3O3S2/c23-18-13-6-1-2-7-14(13)19(24)22(18)9-3-4-10-26-12-16-20-17(21-25-16)15-8-5-11-27-15/h1-2,5-8,11H,3-4,9-10,12H2. The summed E-state index contributed by atoms with van der Waals surface area (Å²) < 4.78 is 5.27. The first-order chi connectivity index (χ1) is 13.2. The van der Waals surface area contributed by atoms with Crippen LogP contribution in [0.5, 0.6) is 0 Å². The molecule has 0 saturated carbocycles. The largest absolute Gasteiger partial charge is 0.338 e. The monoisotopic (exact) mass is 399 g/mol. The number of aromatic nitrogens is 2. The lowest BCUT2D eigenvalue weighted by Gasteiger charge is -2.13. The smallest absolute Gasteiger partial charge is 0.261 e. The number of thiophene rings is 1. The quantitative estimate of drug-likeness (QED) is 0.419. The van der Waals surface area contributed by atoms with Gasteiger partial charge in [0.1, 0.15) is 0 Å². The van der Waals surface area contributed by atoms with Crippen LogP contribution in [0.2, 0.25) is 0 Å². The number of hydrogen-bond acceptors (Lipinski definition) is 7. The van der Waals surface area contributed by atoms with E-state index in [1.54, 1.807) is 47.4 Å². The first-order valence-corrected chi connectivity index (χ1v) is 10.7. The molecule has 0 radical (unpaired) electrons. The Morgan fingerprint density at radius 2 is 1.81 bits per heavy atom. The summed E-state index contributed by atoms with van der Waals surface area (Å²) in [7, 11) is 0. The molecule has 0 spiro atoms. The van der Waals surface area contributed by atoms with E-state index in [0.29, 0.717) is 35.1 Å². The summed E-state index contributed by atoms with van der Waals surface area (Å²) in [5, 5.41) is 5.97. The number of rotatable bonds is 8. The van der Waals surface area contributed by atoms with Gasteiger partial charge in [0, 0.05) is 6.54 Å². The predicted octanol–water partition coefficient (Wildman–Crippen LogP) is 4.11. The number of carbonyl (C=O) groups is 2. The number of carbonyl (C=O) groups excluding carboxylic acids is 2. The maximum atomic E-state index is 12.3. The van der Waals surface area contributed by atoms with Gasteiger partial charge < -0.3 is 4.52 Å². The molecule has 1 aromatic carbocycles. The lowest BCUT2D eigenvalue weighted by molar-refractivity contribution is 0.0652. The molecule has 0 fully saturated rings. The molecule has 2 aromatic heterocycles. The van der Waals surface area contributed by atoms with Gasteiger partial charge in [0.15, 0.2) is 0 Å². The molecule has 3 heterocycles. The summed E-state index contributed by atoms with van der Waals surface area (Å²) in [5.41, 5.74) is 1.02. The average Bonchev–Trinajstić information content (AvgIpc) is 3.41. The molecular weight excluding hydrogens is 382 g/mol. The molecule has 0 N–H and O–H groups in total. The van der Waals surface area contributed by atoms with Crippen molar-refractivity contribution in [3.8, 4) is 10.7 Å². The second-order valence-electron chi connectivity index (χ2n) is 6.06. The molecule has 8 heteroatoms. The number of imide groups is 1. The lowest BCUT2D eigenvalue weighted by atomic mass is 10.1. The van der Waals surface area contributed by atoms with Gasteiger partial charge in [-0.3, -0.25) is 14.5 Å². The summed E-state index contributed by atoms with van der Waals surface area (Å²) in [6.07, 6.45) is 1.69. The molecule has 0 aliphatic carbocycles. The summed E-state index contributed by atoms with van der Waals surface area (Å²) in [4.78, 5) is 31.3. The fraction of sp³-hybridized carbons (Fsp3) is 0.263. The number of hydrogen-bond donors (Lipinski definition) is 0. The van der Waals surface area contributed by atoms with Crippen molar-refractivity contribution in [1.82, 2.24) is 15.0 Å². The maximum absolute atomic E-state index is 12.3. The van der Waals surface area contributed by atoms with Crippen molar-refractivity contribution in [1.29, 1.82) is 0 Å². The summed E-state index contributed by atoms with van der Waals surface area (Å²) in [6, 6.07) is 10.9. The first kappa shape index (κ1) is 17.9. The van der Waals surface area contributed by atoms with Crippen molar-refractivity contribution in [2.75, 3.05) is 12.3 Å². The molecule has 0 bridgehead atoms. The van der Waals surface area contributed by atoms with Crippen LogP contribution in [0.3, 0.4) is 0 Å². The van der Waals surface area contributed by atoms with Crippen molar-refractivity contribution in [2.45, 2.75) is 18.6 Å². The lowest BCUT2D eigenvalue weighted by Crippen LogP contribution is -2.30. The SMILES string of the molecule is O=C1c2ccccc2C(=O)N1CCCCSCc1nc(-c2cccs2)no1. The topological polar surface area (TPSA) is 76.3 Å². The Labute approximate surface area is 164 Å². The number of fused-ring (bicyclic) bond motifs is 1. The van der Waals surface area contributed by atoms with E-state index in [9.17, 15) is 9.59 Å². The van der Waals surface area contributed by atoms with Gasteiger partial charge in [-0.2, -0.15) is 16.7 Å². The second-order valence-corrected chi connectivity index (χ2v) is 8.11. The minimum Gasteiger partial charge on any atom is -0.338 e. The number of amides is 2. The second kappa shape index (κ2) is 8.06. The van der Waals surface area contributed by atoms with Crippen molar-refractivity contribution in [3.05, 3.63) is 58.8 Å². The van der Waals surface area contributed by atoms with Crippen molar-refractivity contribution >= 4 is 34.9 Å². The zero-order valence-corrected chi connectivity index (χ0v) is 16.1. The Kier molecular flexibility index (Phi) is 5.35. The van der Waals surface area contributed by atoms with E-state index in [4.69, 9.17) is 4.52 Å². The molecule has 1 aliphatic rings. The van der Waals surface area contributed by atoms with Gasteiger partial charge in [0.2, 0.25) is 11.7 Å². The number of unbranched alkanes of at least 4 members (excludes halogenated alkanes) is 1. The van der Waals surface area contributed by atoms with Gasteiger partial charge >= 0.3 is 0 Å². The normalized spacial score (nSPS) is 13.4. The van der Waals surface area contributed by atoms with E-state index in [2.05, 4.69) is 10.1 Å². The maximum Gasteiger partial charge on any atom is 0.261 e. The molecule has 138 valence electrons. The van der Waals surface area contributed by atoms with Crippen LogP contribution in [0.25, 0.3) is 10.7 Å². The third kappa shape index (κ3) is 3.81. The van der Waals surface area contributed by atoms with Crippen molar-refractivity contribution in [3.63, 3.8) is 0 Å². The molecule has 0 atom stereocenters. The highest BCUT2D eigenvalue weighted by molar-refractivity contribution is 7.98. The van der Waals surface area contributed by atoms with Gasteiger partial charge in [-0.1, -0.05) is 23.4 Å². The fourth-order valence-electron chi connectivity index (χ4n) is 2.90. The number of benzene rings is 1. The van der Waals surface area contributed by atoms with Crippen LogP contribution in [-0.4, -0.2) is 39.2 Å². The molecule has 6 nitrogen and oxygen atoms in total. The fourth-order valence-corrected chi connectivity index (χ4v) is 4.39. The molecule has 1 aliphatic heterocycles. The third-order valence-corrected chi connectivity index (χ3v) is 6.13. The van der Waals surface area contributed by atoms with Crippen LogP contribution in [0.15, 0.2) is 46.3 Å². The Morgan fingerprint density at radius 3 is 2.52 bits per heavy atom. The van der Waals surface area contributed by atoms with E-state index in [1.165, 1.54) is 4.90 Å². The van der Waals surface area contributed by atoms with Crippen LogP contribution >= 0.6 is 23.1 Å². The molecule has 0 unspecified atom stereocenters. The Balaban J connectivity index is 1.18. The van der Waals surface area contributed by atoms with Gasteiger partial charge in [0.25, 0.3) is 11.8 Å². The molecule has 3 aromatic rings. The summed E-state index contributed by atoms with van der Waals surface area (Å²) in [6.45, 7) is 0.454. The predicted molar refractivity (Wildman–Crippen MR) is 105 cm³/mol. The van der Waals surface area contributed by atoms with Crippen LogP contribution in [0.1, 0.15) is 39.4 Å².